The molecule has 2 aromatic carbocycles. The quantitative estimate of drug-likeness (QED) is 0.600. The predicted molar refractivity (Wildman–Crippen MR) is 97.3 cm³/mol. The minimum Gasteiger partial charge on any atom is -0.372 e. The molecule has 0 amide bonds. The van der Waals surface area contributed by atoms with Gasteiger partial charge >= 0.3 is 5.71 Å². The fourth-order valence-corrected chi connectivity index (χ4v) is 3.33. The lowest BCUT2D eigenvalue weighted by atomic mass is 9.81. The molecule has 27 heavy (non-hydrogen) atoms. The SMILES string of the molecule is CCO[C@H]1C[C@]2(C(=O)c3ccccc3)ON=C(c3ccccc3)C2=[N+]([O-])O1. The molecule has 2 aromatic rings. The van der Waals surface area contributed by atoms with Crippen LogP contribution in [-0.2, 0) is 14.4 Å². The van der Waals surface area contributed by atoms with E-state index in [1.54, 1.807) is 43.3 Å². The van der Waals surface area contributed by atoms with Gasteiger partial charge in [0.15, 0.2) is 12.0 Å². The van der Waals surface area contributed by atoms with Gasteiger partial charge in [-0.05, 0) is 6.92 Å². The van der Waals surface area contributed by atoms with Crippen LogP contribution in [0.2, 0.25) is 0 Å². The Balaban J connectivity index is 1.82. The van der Waals surface area contributed by atoms with E-state index in [1.807, 2.05) is 24.3 Å². The van der Waals surface area contributed by atoms with Crippen molar-refractivity contribution in [2.24, 2.45) is 5.16 Å². The van der Waals surface area contributed by atoms with Crippen molar-refractivity contribution in [2.45, 2.75) is 25.2 Å². The molecular formula is C20H18N2O5. The average Bonchev–Trinajstić information content (AvgIpc) is 3.10. The van der Waals surface area contributed by atoms with Gasteiger partial charge in [-0.25, -0.2) is 0 Å². The van der Waals surface area contributed by atoms with Crippen LogP contribution in [0.1, 0.15) is 29.3 Å². The summed E-state index contributed by atoms with van der Waals surface area (Å²) in [4.78, 5) is 24.7. The summed E-state index contributed by atoms with van der Waals surface area (Å²) in [5.41, 5.74) is -0.185. The Morgan fingerprint density at radius 3 is 2.56 bits per heavy atom. The predicted octanol–water partition coefficient (Wildman–Crippen LogP) is 2.69. The van der Waals surface area contributed by atoms with E-state index >= 15 is 0 Å². The molecule has 0 bridgehead atoms. The van der Waals surface area contributed by atoms with Crippen LogP contribution in [0, 0.1) is 5.21 Å². The van der Waals surface area contributed by atoms with Crippen LogP contribution >= 0.6 is 0 Å². The third kappa shape index (κ3) is 2.86. The largest absolute Gasteiger partial charge is 0.372 e. The van der Waals surface area contributed by atoms with Crippen molar-refractivity contribution < 1.29 is 24.1 Å². The Bertz CT molecular complexity index is 910. The molecule has 0 spiro atoms. The first-order valence-corrected chi connectivity index (χ1v) is 8.70. The minimum atomic E-state index is -1.59. The summed E-state index contributed by atoms with van der Waals surface area (Å²) in [6.45, 7) is 2.11. The van der Waals surface area contributed by atoms with Crippen LogP contribution in [0.5, 0.6) is 0 Å². The Labute approximate surface area is 156 Å². The van der Waals surface area contributed by atoms with E-state index in [-0.39, 0.29) is 23.6 Å². The highest BCUT2D eigenvalue weighted by atomic mass is 16.9. The van der Waals surface area contributed by atoms with Crippen LogP contribution in [0.3, 0.4) is 0 Å². The first-order valence-electron chi connectivity index (χ1n) is 8.70. The molecular weight excluding hydrogens is 348 g/mol. The molecule has 2 aliphatic rings. The zero-order valence-electron chi connectivity index (χ0n) is 14.7. The number of Topliss-reactive ketones (excluding diaryl/α,β-unsaturated/α-hetero) is 1. The van der Waals surface area contributed by atoms with Gasteiger partial charge in [0, 0.05) is 17.7 Å². The molecule has 0 fully saturated rings. The molecule has 138 valence electrons. The van der Waals surface area contributed by atoms with Crippen LogP contribution in [0.4, 0.5) is 0 Å². The van der Waals surface area contributed by atoms with E-state index in [0.29, 0.717) is 22.6 Å². The van der Waals surface area contributed by atoms with Gasteiger partial charge in [0.05, 0.1) is 11.3 Å². The summed E-state index contributed by atoms with van der Waals surface area (Å²) in [5, 5.41) is 16.8. The fraction of sp³-hybridized carbons (Fsp3) is 0.250. The molecule has 0 saturated carbocycles. The topological polar surface area (TPSA) is 83.2 Å². The fourth-order valence-electron chi connectivity index (χ4n) is 3.33. The number of ether oxygens (including phenoxy) is 1. The van der Waals surface area contributed by atoms with Gasteiger partial charge in [-0.3, -0.25) is 10.0 Å². The van der Waals surface area contributed by atoms with E-state index in [4.69, 9.17) is 14.4 Å². The first-order chi connectivity index (χ1) is 13.2. The zero-order valence-corrected chi connectivity index (χ0v) is 14.7. The number of fused-ring (bicyclic) bond motifs is 1. The Morgan fingerprint density at radius 2 is 1.89 bits per heavy atom. The van der Waals surface area contributed by atoms with Crippen molar-refractivity contribution in [3.05, 3.63) is 77.0 Å². The van der Waals surface area contributed by atoms with Gasteiger partial charge in [-0.1, -0.05) is 65.8 Å². The second-order valence-electron chi connectivity index (χ2n) is 6.22. The number of ketones is 1. The molecule has 2 aliphatic heterocycles. The highest BCUT2D eigenvalue weighted by molar-refractivity contribution is 6.54. The van der Waals surface area contributed by atoms with Crippen molar-refractivity contribution in [3.8, 4) is 0 Å². The molecule has 2 heterocycles. The van der Waals surface area contributed by atoms with Crippen molar-refractivity contribution >= 4 is 17.2 Å². The smallest absolute Gasteiger partial charge is 0.328 e. The molecule has 2 atom stereocenters. The van der Waals surface area contributed by atoms with Gasteiger partial charge in [0.1, 0.15) is 0 Å². The summed E-state index contributed by atoms with van der Waals surface area (Å²) in [5.74, 6) is -0.360. The third-order valence-electron chi connectivity index (χ3n) is 4.55. The highest BCUT2D eigenvalue weighted by Gasteiger charge is 2.62. The highest BCUT2D eigenvalue weighted by Crippen LogP contribution is 2.36. The maximum atomic E-state index is 13.4. The van der Waals surface area contributed by atoms with Crippen molar-refractivity contribution in [1.82, 2.24) is 0 Å². The maximum Gasteiger partial charge on any atom is 0.328 e. The lowest BCUT2D eigenvalue weighted by Gasteiger charge is -2.33. The number of oxime groups is 1. The van der Waals surface area contributed by atoms with Crippen molar-refractivity contribution in [1.29, 1.82) is 0 Å². The number of hydrogen-bond acceptors (Lipinski definition) is 6. The molecule has 7 nitrogen and oxygen atoms in total. The molecule has 0 aliphatic carbocycles. The van der Waals surface area contributed by atoms with Crippen LogP contribution in [0.15, 0.2) is 65.8 Å². The van der Waals surface area contributed by atoms with E-state index in [0.717, 1.165) is 0 Å². The van der Waals surface area contributed by atoms with Gasteiger partial charge < -0.3 is 14.4 Å². The van der Waals surface area contributed by atoms with Crippen LogP contribution < -0.4 is 0 Å². The van der Waals surface area contributed by atoms with Crippen LogP contribution in [0.25, 0.3) is 0 Å². The summed E-state index contributed by atoms with van der Waals surface area (Å²) >= 11 is 0. The number of rotatable bonds is 5. The maximum absolute atomic E-state index is 13.4. The molecule has 0 saturated heterocycles. The van der Waals surface area contributed by atoms with E-state index in [9.17, 15) is 10.0 Å². The molecule has 0 aromatic heterocycles. The summed E-state index contributed by atoms with van der Waals surface area (Å²) in [6.07, 6.45) is -0.878. The minimum absolute atomic E-state index is 0.0302. The molecule has 0 unspecified atom stereocenters. The lowest BCUT2D eigenvalue weighted by molar-refractivity contribution is -0.772. The number of nitrogens with zero attached hydrogens (tertiary/aromatic N) is 2. The Morgan fingerprint density at radius 1 is 1.22 bits per heavy atom. The van der Waals surface area contributed by atoms with E-state index in [1.165, 1.54) is 0 Å². The molecule has 0 N–H and O–H groups in total. The van der Waals surface area contributed by atoms with Crippen molar-refractivity contribution in [2.75, 3.05) is 6.61 Å². The third-order valence-corrected chi connectivity index (χ3v) is 4.55. The van der Waals surface area contributed by atoms with Gasteiger partial charge in [0.2, 0.25) is 5.78 Å². The second kappa shape index (κ2) is 6.85. The number of carbonyl (C=O) groups excluding carboxylic acids is 1. The Kier molecular flexibility index (Phi) is 4.37. The van der Waals surface area contributed by atoms with Crippen LogP contribution in [-0.4, -0.2) is 40.6 Å². The zero-order chi connectivity index (χ0) is 18.9. The average molecular weight is 366 g/mol. The first kappa shape index (κ1) is 17.2. The van der Waals surface area contributed by atoms with E-state index in [2.05, 4.69) is 5.16 Å². The number of hydrogen-bond donors (Lipinski definition) is 0. The normalized spacial score (nSPS) is 23.9. The summed E-state index contributed by atoms with van der Waals surface area (Å²) < 4.78 is 5.45. The number of carbonyl (C=O) groups is 1. The second-order valence-corrected chi connectivity index (χ2v) is 6.22. The standard InChI is InChI=1S/C20H18N2O5/c1-2-25-16-13-20(19(23)15-11-7-4-8-12-15)18(22(24)26-16)17(21-27-20)14-9-5-3-6-10-14/h3-12,16H,2,13H2,1H3/t16-,20+/m1/s1. The van der Waals surface area contributed by atoms with Crippen molar-refractivity contribution in [3.63, 3.8) is 0 Å². The summed E-state index contributed by atoms with van der Waals surface area (Å²) in [7, 11) is 0. The molecule has 4 rings (SSSR count). The molecule has 0 radical (unpaired) electrons. The van der Waals surface area contributed by atoms with Gasteiger partial charge in [-0.2, -0.15) is 0 Å². The lowest BCUT2D eigenvalue weighted by Crippen LogP contribution is -2.57. The van der Waals surface area contributed by atoms with Gasteiger partial charge in [0.25, 0.3) is 5.60 Å². The van der Waals surface area contributed by atoms with Gasteiger partial charge in [-0.15, -0.1) is 0 Å². The summed E-state index contributed by atoms with van der Waals surface area (Å²) in [6, 6.07) is 17.8. The molecule has 7 heteroatoms. The monoisotopic (exact) mass is 366 g/mol. The van der Waals surface area contributed by atoms with E-state index < -0.39 is 11.9 Å². The number of benzene rings is 2. The Hall–Kier alpha value is -3.19.